The van der Waals surface area contributed by atoms with Gasteiger partial charge in [-0.25, -0.2) is 0 Å². The molecule has 0 saturated heterocycles. The lowest BCUT2D eigenvalue weighted by Crippen LogP contribution is -2.32. The fourth-order valence-corrected chi connectivity index (χ4v) is 2.50. The molecule has 0 spiro atoms. The lowest BCUT2D eigenvalue weighted by atomic mass is 10.1. The molecule has 31 heavy (non-hydrogen) atoms. The monoisotopic (exact) mass is 435 g/mol. The van der Waals surface area contributed by atoms with Crippen LogP contribution in [0.5, 0.6) is 17.2 Å². The average Bonchev–Trinajstić information content (AvgIpc) is 3.00. The van der Waals surface area contributed by atoms with Crippen molar-refractivity contribution in [3.05, 3.63) is 67.1 Å². The molecule has 1 aromatic rings. The van der Waals surface area contributed by atoms with Crippen molar-refractivity contribution in [3.8, 4) is 17.2 Å². The number of amides is 2. The number of hydrogen-bond donors (Lipinski definition) is 3. The Labute approximate surface area is 178 Å². The number of nitrogens with one attached hydrogen (secondary N) is 2. The number of nitrogens with two attached hydrogens (primary N) is 1. The molecule has 0 aliphatic carbocycles. The molecule has 0 fully saturated rings. The summed E-state index contributed by atoms with van der Waals surface area (Å²) in [6, 6.07) is 3.82. The summed E-state index contributed by atoms with van der Waals surface area (Å²) in [6.07, 6.45) is -0.212. The zero-order valence-electron chi connectivity index (χ0n) is 16.7. The Morgan fingerprint density at radius 3 is 2.61 bits per heavy atom. The Kier molecular flexibility index (Phi) is 7.78. The predicted octanol–water partition coefficient (Wildman–Crippen LogP) is 2.50. The van der Waals surface area contributed by atoms with Crippen LogP contribution in [0.3, 0.4) is 0 Å². The Morgan fingerprint density at radius 1 is 1.23 bits per heavy atom. The number of alkyl halides is 2. The van der Waals surface area contributed by atoms with Crippen LogP contribution in [0.1, 0.15) is 12.8 Å². The molecular weight excluding hydrogens is 412 g/mol. The summed E-state index contributed by atoms with van der Waals surface area (Å²) in [5.74, 6) is -1.06. The van der Waals surface area contributed by atoms with Gasteiger partial charge in [0.25, 0.3) is 11.8 Å². The number of ether oxygens (including phenoxy) is 3. The van der Waals surface area contributed by atoms with Crippen LogP contribution >= 0.6 is 0 Å². The number of allylic oxidation sites excluding steroid dienone is 1. The highest BCUT2D eigenvalue weighted by atomic mass is 19.3. The summed E-state index contributed by atoms with van der Waals surface area (Å²) in [5, 5.41) is 5.17. The molecule has 2 amide bonds. The fraction of sp³-hybridized carbons (Fsp3) is 0.238. The lowest BCUT2D eigenvalue weighted by molar-refractivity contribution is -0.286. The van der Waals surface area contributed by atoms with Crippen molar-refractivity contribution in [2.45, 2.75) is 19.1 Å². The number of fused-ring (bicyclic) bond motifs is 1. The number of benzene rings is 1. The predicted molar refractivity (Wildman–Crippen MR) is 109 cm³/mol. The molecule has 1 aliphatic rings. The molecule has 0 atom stereocenters. The maximum absolute atomic E-state index is 13.0. The summed E-state index contributed by atoms with van der Waals surface area (Å²) in [7, 11) is 0. The van der Waals surface area contributed by atoms with E-state index >= 15 is 0 Å². The lowest BCUT2D eigenvalue weighted by Gasteiger charge is -2.12. The van der Waals surface area contributed by atoms with Crippen molar-refractivity contribution in [3.63, 3.8) is 0 Å². The van der Waals surface area contributed by atoms with Gasteiger partial charge in [0.05, 0.1) is 5.57 Å². The summed E-state index contributed by atoms with van der Waals surface area (Å²) in [4.78, 5) is 24.1. The molecule has 0 radical (unpaired) electrons. The molecule has 10 heteroatoms. The van der Waals surface area contributed by atoms with Crippen molar-refractivity contribution >= 4 is 11.8 Å². The van der Waals surface area contributed by atoms with Crippen LogP contribution in [0.2, 0.25) is 0 Å². The van der Waals surface area contributed by atoms with Crippen molar-refractivity contribution in [1.29, 1.82) is 0 Å². The second kappa shape index (κ2) is 10.3. The van der Waals surface area contributed by atoms with Crippen LogP contribution in [-0.2, 0) is 9.59 Å². The van der Waals surface area contributed by atoms with E-state index in [9.17, 15) is 18.4 Å². The minimum Gasteiger partial charge on any atom is -0.484 e. The molecular formula is C21H23F2N3O5. The normalized spacial score (nSPS) is 14.1. The molecule has 1 heterocycles. The molecule has 8 nitrogen and oxygen atoms in total. The molecule has 0 unspecified atom stereocenters. The molecule has 1 aliphatic heterocycles. The third kappa shape index (κ3) is 6.88. The van der Waals surface area contributed by atoms with Crippen molar-refractivity contribution in [1.82, 2.24) is 10.6 Å². The van der Waals surface area contributed by atoms with Gasteiger partial charge in [-0.15, -0.1) is 15.4 Å². The molecule has 0 bridgehead atoms. The number of halogens is 2. The average molecular weight is 435 g/mol. The SMILES string of the molecule is C=CC/C(N)=C(/C=C)C(=O)NC(=C)CCNC(=O)COc1ccc2c(c1)OC(F)(F)O2. The first kappa shape index (κ1) is 23.5. The van der Waals surface area contributed by atoms with Gasteiger partial charge >= 0.3 is 6.29 Å². The summed E-state index contributed by atoms with van der Waals surface area (Å²) in [6.45, 7) is 10.7. The zero-order chi connectivity index (χ0) is 23.0. The Balaban J connectivity index is 1.73. The number of carbonyl (C=O) groups is 2. The fourth-order valence-electron chi connectivity index (χ4n) is 2.50. The highest BCUT2D eigenvalue weighted by Crippen LogP contribution is 2.42. The van der Waals surface area contributed by atoms with Gasteiger partial charge in [0, 0.05) is 36.8 Å². The van der Waals surface area contributed by atoms with Crippen LogP contribution in [0.25, 0.3) is 0 Å². The van der Waals surface area contributed by atoms with E-state index < -0.39 is 18.1 Å². The van der Waals surface area contributed by atoms with Gasteiger partial charge in [0.15, 0.2) is 18.1 Å². The minimum atomic E-state index is -3.73. The first-order valence-corrected chi connectivity index (χ1v) is 9.15. The Bertz CT molecular complexity index is 928. The molecule has 1 aromatic carbocycles. The molecule has 4 N–H and O–H groups in total. The van der Waals surface area contributed by atoms with Gasteiger partial charge < -0.3 is 30.6 Å². The van der Waals surface area contributed by atoms with Gasteiger partial charge in [-0.3, -0.25) is 9.59 Å². The molecule has 166 valence electrons. The summed E-state index contributed by atoms with van der Waals surface area (Å²) in [5.41, 5.74) is 6.72. The zero-order valence-corrected chi connectivity index (χ0v) is 16.7. The van der Waals surface area contributed by atoms with E-state index in [4.69, 9.17) is 10.5 Å². The third-order valence-corrected chi connectivity index (χ3v) is 3.94. The van der Waals surface area contributed by atoms with Gasteiger partial charge in [-0.05, 0) is 12.1 Å². The Hall–Kier alpha value is -3.82. The topological polar surface area (TPSA) is 112 Å². The van der Waals surface area contributed by atoms with Gasteiger partial charge in [0.1, 0.15) is 5.75 Å². The second-order valence-electron chi connectivity index (χ2n) is 6.36. The first-order valence-electron chi connectivity index (χ1n) is 9.15. The van der Waals surface area contributed by atoms with Crippen molar-refractivity contribution < 1.29 is 32.6 Å². The van der Waals surface area contributed by atoms with Crippen LogP contribution in [0.4, 0.5) is 8.78 Å². The third-order valence-electron chi connectivity index (χ3n) is 3.94. The standard InChI is InChI=1S/C21H23F2N3O5/c1-4-6-16(24)15(5-2)20(28)26-13(3)9-10-25-19(27)12-29-14-7-8-17-18(11-14)31-21(22,23)30-17/h4-5,7-8,11H,1-3,6,9-10,12,24H2,(H,25,27)(H,26,28)/b16-15+. The van der Waals surface area contributed by atoms with Crippen LogP contribution in [-0.4, -0.2) is 31.3 Å². The molecule has 0 aromatic heterocycles. The van der Waals surface area contributed by atoms with Crippen molar-refractivity contribution in [2.24, 2.45) is 5.73 Å². The van der Waals surface area contributed by atoms with Gasteiger partial charge in [-0.1, -0.05) is 25.3 Å². The van der Waals surface area contributed by atoms with Crippen molar-refractivity contribution in [2.75, 3.05) is 13.2 Å². The van der Waals surface area contributed by atoms with Gasteiger partial charge in [0.2, 0.25) is 0 Å². The number of hydrogen-bond acceptors (Lipinski definition) is 6. The highest BCUT2D eigenvalue weighted by molar-refractivity contribution is 5.97. The summed E-state index contributed by atoms with van der Waals surface area (Å²) < 4.78 is 39.9. The van der Waals surface area contributed by atoms with E-state index in [0.717, 1.165) is 0 Å². The quantitative estimate of drug-likeness (QED) is 0.280. The van der Waals surface area contributed by atoms with Crippen LogP contribution < -0.4 is 30.6 Å². The summed E-state index contributed by atoms with van der Waals surface area (Å²) >= 11 is 0. The van der Waals surface area contributed by atoms with E-state index in [1.54, 1.807) is 6.08 Å². The molecule has 0 saturated carbocycles. The maximum Gasteiger partial charge on any atom is 0.586 e. The molecule has 2 rings (SSSR count). The Morgan fingerprint density at radius 2 is 1.94 bits per heavy atom. The van der Waals surface area contributed by atoms with E-state index in [-0.39, 0.29) is 42.4 Å². The van der Waals surface area contributed by atoms with E-state index in [0.29, 0.717) is 17.8 Å². The second-order valence-corrected chi connectivity index (χ2v) is 6.36. The largest absolute Gasteiger partial charge is 0.586 e. The number of carbonyl (C=O) groups excluding carboxylic acids is 2. The smallest absolute Gasteiger partial charge is 0.484 e. The van der Waals surface area contributed by atoms with Crippen LogP contribution in [0.15, 0.2) is 67.1 Å². The van der Waals surface area contributed by atoms with E-state index in [1.807, 2.05) is 0 Å². The first-order chi connectivity index (χ1) is 14.6. The highest BCUT2D eigenvalue weighted by Gasteiger charge is 2.43. The van der Waals surface area contributed by atoms with E-state index in [2.05, 4.69) is 39.8 Å². The number of rotatable bonds is 11. The van der Waals surface area contributed by atoms with Crippen LogP contribution in [0, 0.1) is 0 Å². The van der Waals surface area contributed by atoms with E-state index in [1.165, 1.54) is 24.3 Å². The van der Waals surface area contributed by atoms with Gasteiger partial charge in [-0.2, -0.15) is 0 Å². The minimum absolute atomic E-state index is 0.122. The maximum atomic E-state index is 13.0.